The van der Waals surface area contributed by atoms with Crippen LogP contribution in [0.4, 0.5) is 5.69 Å². The van der Waals surface area contributed by atoms with Gasteiger partial charge in [0, 0.05) is 11.8 Å². The average molecular weight is 371 g/mol. The zero-order valence-electron chi connectivity index (χ0n) is 13.9. The lowest BCUT2D eigenvalue weighted by atomic mass is 10.1. The molecule has 0 bridgehead atoms. The van der Waals surface area contributed by atoms with E-state index in [1.165, 1.54) is 13.2 Å². The number of nitriles is 1. The number of halogens is 1. The van der Waals surface area contributed by atoms with Crippen molar-refractivity contribution in [3.8, 4) is 23.3 Å². The van der Waals surface area contributed by atoms with Gasteiger partial charge in [-0.1, -0.05) is 17.7 Å². The topological polar surface area (TPSA) is 80.6 Å². The maximum Gasteiger partial charge on any atom is 0.266 e. The molecule has 132 valence electrons. The van der Waals surface area contributed by atoms with Crippen molar-refractivity contribution in [2.45, 2.75) is 0 Å². The van der Waals surface area contributed by atoms with Gasteiger partial charge < -0.3 is 19.5 Å². The molecule has 7 heteroatoms. The normalized spacial score (nSPS) is 12.9. The Kier molecular flexibility index (Phi) is 5.30. The first-order valence-corrected chi connectivity index (χ1v) is 8.15. The number of carbonyl (C=O) groups is 1. The van der Waals surface area contributed by atoms with Crippen LogP contribution in [0.2, 0.25) is 5.02 Å². The van der Waals surface area contributed by atoms with Crippen molar-refractivity contribution in [2.24, 2.45) is 0 Å². The minimum Gasteiger partial charge on any atom is -0.495 e. The average Bonchev–Trinajstić information content (AvgIpc) is 2.66. The summed E-state index contributed by atoms with van der Waals surface area (Å²) in [5.74, 6) is 1.16. The Morgan fingerprint density at radius 3 is 2.69 bits per heavy atom. The molecule has 0 saturated heterocycles. The number of ether oxygens (including phenoxy) is 3. The maximum absolute atomic E-state index is 12.4. The lowest BCUT2D eigenvalue weighted by Crippen LogP contribution is -2.17. The Labute approximate surface area is 155 Å². The van der Waals surface area contributed by atoms with Crippen LogP contribution in [-0.4, -0.2) is 26.2 Å². The van der Waals surface area contributed by atoms with E-state index >= 15 is 0 Å². The molecule has 0 unspecified atom stereocenters. The summed E-state index contributed by atoms with van der Waals surface area (Å²) >= 11 is 6.07. The first-order valence-electron chi connectivity index (χ1n) is 7.77. The van der Waals surface area contributed by atoms with Gasteiger partial charge in [-0.2, -0.15) is 5.26 Å². The molecule has 0 aliphatic carbocycles. The van der Waals surface area contributed by atoms with Gasteiger partial charge >= 0.3 is 0 Å². The number of carbonyl (C=O) groups excluding carboxylic acids is 1. The molecule has 1 aliphatic heterocycles. The van der Waals surface area contributed by atoms with Crippen LogP contribution >= 0.6 is 11.6 Å². The van der Waals surface area contributed by atoms with Gasteiger partial charge in [0.1, 0.15) is 30.6 Å². The van der Waals surface area contributed by atoms with E-state index in [1.54, 1.807) is 36.4 Å². The minimum absolute atomic E-state index is 0.0545. The highest BCUT2D eigenvalue weighted by Gasteiger charge is 2.15. The second kappa shape index (κ2) is 7.81. The van der Waals surface area contributed by atoms with Crippen LogP contribution in [0.5, 0.6) is 17.2 Å². The van der Waals surface area contributed by atoms with Gasteiger partial charge in [-0.05, 0) is 35.9 Å². The number of anilines is 1. The van der Waals surface area contributed by atoms with Gasteiger partial charge in [0.15, 0.2) is 11.5 Å². The van der Waals surface area contributed by atoms with E-state index in [4.69, 9.17) is 25.8 Å². The number of nitrogens with zero attached hydrogens (tertiary/aromatic N) is 1. The molecule has 0 fully saturated rings. The second-order valence-electron chi connectivity index (χ2n) is 5.38. The van der Waals surface area contributed by atoms with E-state index in [0.717, 1.165) is 0 Å². The molecule has 1 aliphatic rings. The van der Waals surface area contributed by atoms with Crippen molar-refractivity contribution in [1.29, 1.82) is 5.26 Å². The molecular weight excluding hydrogens is 356 g/mol. The van der Waals surface area contributed by atoms with E-state index in [-0.39, 0.29) is 5.57 Å². The maximum atomic E-state index is 12.4. The molecular formula is C19H15ClN2O4. The fourth-order valence-electron chi connectivity index (χ4n) is 2.41. The monoisotopic (exact) mass is 370 g/mol. The summed E-state index contributed by atoms with van der Waals surface area (Å²) in [7, 11) is 1.51. The molecule has 2 aromatic carbocycles. The van der Waals surface area contributed by atoms with Gasteiger partial charge in [0.05, 0.1) is 12.1 Å². The highest BCUT2D eigenvalue weighted by Crippen LogP contribution is 2.32. The predicted octanol–water partition coefficient (Wildman–Crippen LogP) is 3.67. The molecule has 2 aromatic rings. The van der Waals surface area contributed by atoms with Crippen LogP contribution in [0, 0.1) is 11.3 Å². The zero-order valence-corrected chi connectivity index (χ0v) is 14.7. The number of hydrogen-bond acceptors (Lipinski definition) is 5. The van der Waals surface area contributed by atoms with Crippen LogP contribution in [0.1, 0.15) is 5.56 Å². The second-order valence-corrected chi connectivity index (χ2v) is 5.78. The molecule has 0 atom stereocenters. The van der Waals surface area contributed by atoms with Crippen molar-refractivity contribution in [1.82, 2.24) is 0 Å². The largest absolute Gasteiger partial charge is 0.495 e. The number of fused-ring (bicyclic) bond motifs is 1. The summed E-state index contributed by atoms with van der Waals surface area (Å²) in [5, 5.41) is 12.4. The molecule has 6 nitrogen and oxygen atoms in total. The Bertz CT molecular complexity index is 918. The fraction of sp³-hybridized carbons (Fsp3) is 0.158. The van der Waals surface area contributed by atoms with Crippen LogP contribution < -0.4 is 19.5 Å². The third-order valence-corrected chi connectivity index (χ3v) is 3.95. The fourth-order valence-corrected chi connectivity index (χ4v) is 2.67. The molecule has 1 amide bonds. The van der Waals surface area contributed by atoms with Crippen molar-refractivity contribution in [2.75, 3.05) is 25.6 Å². The van der Waals surface area contributed by atoms with Gasteiger partial charge in [-0.3, -0.25) is 4.79 Å². The molecule has 0 saturated carbocycles. The molecule has 0 spiro atoms. The molecule has 3 rings (SSSR count). The Hall–Kier alpha value is -3.17. The molecule has 0 radical (unpaired) electrons. The van der Waals surface area contributed by atoms with Gasteiger partial charge in [0.2, 0.25) is 0 Å². The highest BCUT2D eigenvalue weighted by atomic mass is 35.5. The molecule has 26 heavy (non-hydrogen) atoms. The third kappa shape index (κ3) is 3.90. The van der Waals surface area contributed by atoms with Crippen molar-refractivity contribution in [3.05, 3.63) is 52.6 Å². The Morgan fingerprint density at radius 2 is 2.00 bits per heavy atom. The van der Waals surface area contributed by atoms with E-state index in [9.17, 15) is 10.1 Å². The number of rotatable bonds is 4. The number of benzene rings is 2. The lowest BCUT2D eigenvalue weighted by molar-refractivity contribution is -0.112. The summed E-state index contributed by atoms with van der Waals surface area (Å²) in [6.07, 6.45) is 1.46. The van der Waals surface area contributed by atoms with Crippen molar-refractivity contribution in [3.63, 3.8) is 0 Å². The number of hydrogen-bond donors (Lipinski definition) is 1. The summed E-state index contributed by atoms with van der Waals surface area (Å²) < 4.78 is 16.0. The first-order chi connectivity index (χ1) is 12.6. The number of amides is 1. The quantitative estimate of drug-likeness (QED) is 0.656. The number of nitrogens with one attached hydrogen (secondary N) is 1. The summed E-state index contributed by atoms with van der Waals surface area (Å²) in [6, 6.07) is 12.0. The van der Waals surface area contributed by atoms with E-state index < -0.39 is 5.91 Å². The Morgan fingerprint density at radius 1 is 1.23 bits per heavy atom. The molecule has 1 N–H and O–H groups in total. The van der Waals surface area contributed by atoms with Crippen molar-refractivity contribution < 1.29 is 19.0 Å². The van der Waals surface area contributed by atoms with Crippen LogP contribution in [-0.2, 0) is 4.79 Å². The van der Waals surface area contributed by atoms with Crippen LogP contribution in [0.15, 0.2) is 42.0 Å². The number of methoxy groups -OCH3 is 1. The van der Waals surface area contributed by atoms with Gasteiger partial charge in [-0.15, -0.1) is 0 Å². The molecule has 0 aromatic heterocycles. The smallest absolute Gasteiger partial charge is 0.266 e. The Balaban J connectivity index is 1.79. The van der Waals surface area contributed by atoms with Gasteiger partial charge in [-0.25, -0.2) is 0 Å². The van der Waals surface area contributed by atoms with Gasteiger partial charge in [0.25, 0.3) is 5.91 Å². The third-order valence-electron chi connectivity index (χ3n) is 3.65. The highest BCUT2D eigenvalue weighted by molar-refractivity contribution is 6.32. The standard InChI is InChI=1S/C19H15ClN2O4/c1-24-16-4-2-12(9-15(16)20)8-13(11-21)19(23)22-14-3-5-17-18(10-14)26-7-6-25-17/h2-5,8-10H,6-7H2,1H3,(H,22,23)/b13-8+. The zero-order chi connectivity index (χ0) is 18.5. The first kappa shape index (κ1) is 17.6. The summed E-state index contributed by atoms with van der Waals surface area (Å²) in [4.78, 5) is 12.4. The predicted molar refractivity (Wildman–Crippen MR) is 97.7 cm³/mol. The molecule has 1 heterocycles. The summed E-state index contributed by atoms with van der Waals surface area (Å²) in [5.41, 5.74) is 1.07. The SMILES string of the molecule is COc1ccc(/C=C(\C#N)C(=O)Nc2ccc3c(c2)OCCO3)cc1Cl. The van der Waals surface area contributed by atoms with E-state index in [2.05, 4.69) is 5.32 Å². The van der Waals surface area contributed by atoms with Crippen LogP contribution in [0.3, 0.4) is 0 Å². The van der Waals surface area contributed by atoms with E-state index in [0.29, 0.717) is 46.7 Å². The van der Waals surface area contributed by atoms with E-state index in [1.807, 2.05) is 6.07 Å². The minimum atomic E-state index is -0.531. The van der Waals surface area contributed by atoms with Crippen LogP contribution in [0.25, 0.3) is 6.08 Å². The van der Waals surface area contributed by atoms with Crippen molar-refractivity contribution >= 4 is 29.3 Å². The lowest BCUT2D eigenvalue weighted by Gasteiger charge is -2.18. The summed E-state index contributed by atoms with van der Waals surface area (Å²) in [6.45, 7) is 0.941.